The average molecular weight is 400 g/mol. The highest BCUT2D eigenvalue weighted by Gasteiger charge is 2.27. The van der Waals surface area contributed by atoms with Crippen molar-refractivity contribution in [3.63, 3.8) is 0 Å². The van der Waals surface area contributed by atoms with Crippen LogP contribution in [-0.4, -0.2) is 25.5 Å². The topological polar surface area (TPSA) is 80.4 Å². The van der Waals surface area contributed by atoms with Crippen molar-refractivity contribution in [2.24, 2.45) is 7.05 Å². The minimum absolute atomic E-state index is 0.129. The number of aromatic nitrogens is 3. The first-order chi connectivity index (χ1) is 14.5. The van der Waals surface area contributed by atoms with Gasteiger partial charge in [-0.25, -0.2) is 14.4 Å². The van der Waals surface area contributed by atoms with E-state index in [0.29, 0.717) is 22.8 Å². The molecule has 0 aliphatic rings. The third-order valence-electron chi connectivity index (χ3n) is 4.87. The van der Waals surface area contributed by atoms with Crippen LogP contribution >= 0.6 is 0 Å². The minimum Gasteiger partial charge on any atom is -0.464 e. The molecule has 1 amide bonds. The smallest absolute Gasteiger partial charge is 0.417 e. The first-order valence-corrected chi connectivity index (χ1v) is 9.37. The van der Waals surface area contributed by atoms with Crippen molar-refractivity contribution >= 4 is 17.6 Å². The summed E-state index contributed by atoms with van der Waals surface area (Å²) in [6.07, 6.45) is 0.582. The standard InChI is InChI=1S/C23H20N4O3/c1-16-21(17-13-14-20(28)25(2)15-17)24-27(19-11-7-4-8-12-19)22(16)26(23(29)30)18-9-5-3-6-10-18/h3-15H,1-2H3,(H,29,30). The molecule has 0 aliphatic heterocycles. The maximum atomic E-state index is 12.3. The lowest BCUT2D eigenvalue weighted by atomic mass is 10.1. The first-order valence-electron chi connectivity index (χ1n) is 9.37. The Hall–Kier alpha value is -4.13. The number of rotatable bonds is 4. The Morgan fingerprint density at radius 1 is 0.967 bits per heavy atom. The molecule has 2 aromatic heterocycles. The van der Waals surface area contributed by atoms with Gasteiger partial charge in [0.15, 0.2) is 0 Å². The normalized spacial score (nSPS) is 10.7. The van der Waals surface area contributed by atoms with Crippen molar-refractivity contribution in [1.82, 2.24) is 14.3 Å². The van der Waals surface area contributed by atoms with Crippen molar-refractivity contribution in [2.75, 3.05) is 4.90 Å². The number of nitrogens with zero attached hydrogens (tertiary/aromatic N) is 4. The van der Waals surface area contributed by atoms with Crippen LogP contribution in [0.3, 0.4) is 0 Å². The summed E-state index contributed by atoms with van der Waals surface area (Å²) < 4.78 is 3.10. The summed E-state index contributed by atoms with van der Waals surface area (Å²) in [5.74, 6) is 0.420. The van der Waals surface area contributed by atoms with E-state index in [1.54, 1.807) is 48.3 Å². The lowest BCUT2D eigenvalue weighted by molar-refractivity contribution is 0.204. The molecular weight excluding hydrogens is 380 g/mol. The van der Waals surface area contributed by atoms with Crippen molar-refractivity contribution in [3.8, 4) is 16.9 Å². The maximum Gasteiger partial charge on any atom is 0.417 e. The van der Waals surface area contributed by atoms with Gasteiger partial charge in [0.05, 0.1) is 17.1 Å². The number of amides is 1. The first kappa shape index (κ1) is 19.2. The summed E-state index contributed by atoms with van der Waals surface area (Å²) in [7, 11) is 1.67. The molecule has 150 valence electrons. The molecule has 2 aromatic carbocycles. The number of hydrogen-bond donors (Lipinski definition) is 1. The number of carbonyl (C=O) groups is 1. The highest BCUT2D eigenvalue weighted by atomic mass is 16.4. The zero-order chi connectivity index (χ0) is 21.3. The van der Waals surface area contributed by atoms with Gasteiger partial charge in [0.1, 0.15) is 5.82 Å². The molecule has 1 N–H and O–H groups in total. The Morgan fingerprint density at radius 2 is 1.60 bits per heavy atom. The van der Waals surface area contributed by atoms with Gasteiger partial charge in [0, 0.05) is 30.4 Å². The zero-order valence-corrected chi connectivity index (χ0v) is 16.6. The number of benzene rings is 2. The fourth-order valence-electron chi connectivity index (χ4n) is 3.41. The summed E-state index contributed by atoms with van der Waals surface area (Å²) in [4.78, 5) is 25.4. The Balaban J connectivity index is 2.01. The van der Waals surface area contributed by atoms with E-state index in [2.05, 4.69) is 0 Å². The van der Waals surface area contributed by atoms with E-state index in [0.717, 1.165) is 11.3 Å². The number of para-hydroxylation sites is 2. The van der Waals surface area contributed by atoms with Crippen LogP contribution in [0, 0.1) is 6.92 Å². The van der Waals surface area contributed by atoms with Gasteiger partial charge >= 0.3 is 6.09 Å². The lowest BCUT2D eigenvalue weighted by Crippen LogP contribution is -2.26. The number of pyridine rings is 1. The van der Waals surface area contributed by atoms with Crippen LogP contribution in [0.15, 0.2) is 83.8 Å². The zero-order valence-electron chi connectivity index (χ0n) is 16.6. The number of anilines is 2. The number of carboxylic acid groups (broad SMARTS) is 1. The van der Waals surface area contributed by atoms with E-state index in [9.17, 15) is 14.7 Å². The summed E-state index contributed by atoms with van der Waals surface area (Å²) >= 11 is 0. The van der Waals surface area contributed by atoms with Crippen LogP contribution in [0.1, 0.15) is 5.56 Å². The van der Waals surface area contributed by atoms with Gasteiger partial charge in [0.2, 0.25) is 5.56 Å². The Bertz CT molecular complexity index is 1260. The van der Waals surface area contributed by atoms with Crippen LogP contribution in [0.25, 0.3) is 16.9 Å². The van der Waals surface area contributed by atoms with Gasteiger partial charge in [-0.1, -0.05) is 36.4 Å². The Kier molecular flexibility index (Phi) is 4.93. The monoisotopic (exact) mass is 400 g/mol. The van der Waals surface area contributed by atoms with Gasteiger partial charge in [0.25, 0.3) is 0 Å². The van der Waals surface area contributed by atoms with E-state index in [-0.39, 0.29) is 5.56 Å². The lowest BCUT2D eigenvalue weighted by Gasteiger charge is -2.21. The number of hydrogen-bond acceptors (Lipinski definition) is 3. The molecule has 2 heterocycles. The molecule has 0 spiro atoms. The van der Waals surface area contributed by atoms with Crippen LogP contribution in [0.2, 0.25) is 0 Å². The second kappa shape index (κ2) is 7.71. The largest absolute Gasteiger partial charge is 0.464 e. The predicted molar refractivity (Wildman–Crippen MR) is 116 cm³/mol. The Labute approximate surface area is 173 Å². The fourth-order valence-corrected chi connectivity index (χ4v) is 3.41. The molecule has 0 unspecified atom stereocenters. The maximum absolute atomic E-state index is 12.3. The van der Waals surface area contributed by atoms with Gasteiger partial charge < -0.3 is 9.67 Å². The van der Waals surface area contributed by atoms with Gasteiger partial charge in [-0.2, -0.15) is 5.10 Å². The van der Waals surface area contributed by atoms with Crippen LogP contribution in [0.5, 0.6) is 0 Å². The molecule has 7 heteroatoms. The molecule has 0 saturated heterocycles. The molecule has 0 saturated carbocycles. The van der Waals surface area contributed by atoms with Gasteiger partial charge in [-0.15, -0.1) is 0 Å². The third kappa shape index (κ3) is 3.37. The summed E-state index contributed by atoms with van der Waals surface area (Å²) in [6.45, 7) is 1.83. The average Bonchev–Trinajstić information content (AvgIpc) is 3.08. The SMILES string of the molecule is Cc1c(-c2ccc(=O)n(C)c2)nn(-c2ccccc2)c1N(C(=O)O)c1ccccc1. The van der Waals surface area contributed by atoms with Gasteiger partial charge in [-0.05, 0) is 37.3 Å². The minimum atomic E-state index is -1.12. The molecule has 4 rings (SSSR count). The molecule has 7 nitrogen and oxygen atoms in total. The molecule has 30 heavy (non-hydrogen) atoms. The van der Waals surface area contributed by atoms with Gasteiger partial charge in [-0.3, -0.25) is 4.79 Å². The van der Waals surface area contributed by atoms with Crippen molar-refractivity contribution in [3.05, 3.63) is 94.9 Å². The molecule has 0 fully saturated rings. The van der Waals surface area contributed by atoms with Crippen molar-refractivity contribution < 1.29 is 9.90 Å². The molecule has 0 radical (unpaired) electrons. The van der Waals surface area contributed by atoms with E-state index < -0.39 is 6.09 Å². The molecule has 0 aliphatic carbocycles. The van der Waals surface area contributed by atoms with E-state index in [4.69, 9.17) is 5.10 Å². The van der Waals surface area contributed by atoms with Crippen molar-refractivity contribution in [1.29, 1.82) is 0 Å². The summed E-state index contributed by atoms with van der Waals surface area (Å²) in [5, 5.41) is 14.8. The second-order valence-corrected chi connectivity index (χ2v) is 6.87. The summed E-state index contributed by atoms with van der Waals surface area (Å²) in [5.41, 5.74) is 3.13. The van der Waals surface area contributed by atoms with Crippen LogP contribution < -0.4 is 10.5 Å². The fraction of sp³-hybridized carbons (Fsp3) is 0.0870. The summed E-state index contributed by atoms with van der Waals surface area (Å²) in [6, 6.07) is 21.4. The van der Waals surface area contributed by atoms with E-state index >= 15 is 0 Å². The Morgan fingerprint density at radius 3 is 2.20 bits per heavy atom. The highest BCUT2D eigenvalue weighted by Crippen LogP contribution is 2.36. The van der Waals surface area contributed by atoms with Crippen LogP contribution in [-0.2, 0) is 7.05 Å². The van der Waals surface area contributed by atoms with Crippen LogP contribution in [0.4, 0.5) is 16.3 Å². The van der Waals surface area contributed by atoms with Crippen molar-refractivity contribution in [2.45, 2.75) is 6.92 Å². The molecular formula is C23H20N4O3. The van der Waals surface area contributed by atoms with E-state index in [1.165, 1.54) is 15.5 Å². The van der Waals surface area contributed by atoms with E-state index in [1.807, 2.05) is 43.3 Å². The quantitative estimate of drug-likeness (QED) is 0.552. The third-order valence-corrected chi connectivity index (χ3v) is 4.87. The molecule has 0 atom stereocenters. The number of aryl methyl sites for hydroxylation is 1. The predicted octanol–water partition coefficient (Wildman–Crippen LogP) is 4.36. The second-order valence-electron chi connectivity index (χ2n) is 6.87. The molecule has 4 aromatic rings. The molecule has 0 bridgehead atoms. The highest BCUT2D eigenvalue weighted by molar-refractivity contribution is 5.96.